The average Bonchev–Trinajstić information content (AvgIpc) is 2.60. The Morgan fingerprint density at radius 2 is 2.19 bits per heavy atom. The highest BCUT2D eigenvalue weighted by Gasteiger charge is 2.41. The number of carbonyl (C=O) groups excluding carboxylic acids is 1. The van der Waals surface area contributed by atoms with Gasteiger partial charge < -0.3 is 9.64 Å². The van der Waals surface area contributed by atoms with Crippen LogP contribution in [0.25, 0.3) is 0 Å². The summed E-state index contributed by atoms with van der Waals surface area (Å²) in [5.74, 6) is 0.889. The average molecular weight is 226 g/mol. The van der Waals surface area contributed by atoms with Crippen molar-refractivity contribution in [3.63, 3.8) is 0 Å². The van der Waals surface area contributed by atoms with Crippen LogP contribution in [0.1, 0.15) is 33.1 Å². The van der Waals surface area contributed by atoms with E-state index in [2.05, 4.69) is 12.2 Å². The van der Waals surface area contributed by atoms with Gasteiger partial charge in [-0.15, -0.1) is 0 Å². The van der Waals surface area contributed by atoms with E-state index in [0.717, 1.165) is 39.0 Å². The van der Waals surface area contributed by atoms with E-state index in [1.807, 2.05) is 11.8 Å². The van der Waals surface area contributed by atoms with E-state index in [9.17, 15) is 4.79 Å². The summed E-state index contributed by atoms with van der Waals surface area (Å²) >= 11 is 0. The fourth-order valence-electron chi connectivity index (χ4n) is 2.43. The normalized spacial score (nSPS) is 32.4. The van der Waals surface area contributed by atoms with E-state index in [4.69, 9.17) is 4.74 Å². The number of hydrogen-bond acceptors (Lipinski definition) is 3. The molecule has 0 radical (unpaired) electrons. The monoisotopic (exact) mass is 226 g/mol. The van der Waals surface area contributed by atoms with Crippen molar-refractivity contribution in [2.24, 2.45) is 5.92 Å². The van der Waals surface area contributed by atoms with Crippen molar-refractivity contribution in [2.75, 3.05) is 26.4 Å². The van der Waals surface area contributed by atoms with Crippen molar-refractivity contribution in [1.29, 1.82) is 0 Å². The summed E-state index contributed by atoms with van der Waals surface area (Å²) in [5, 5.41) is 3.32. The number of nitrogens with zero attached hydrogens (tertiary/aromatic N) is 1. The zero-order valence-electron chi connectivity index (χ0n) is 10.3. The molecule has 0 spiro atoms. The van der Waals surface area contributed by atoms with Gasteiger partial charge in [0, 0.05) is 19.8 Å². The van der Waals surface area contributed by atoms with Crippen molar-refractivity contribution in [3.8, 4) is 0 Å². The summed E-state index contributed by atoms with van der Waals surface area (Å²) < 4.78 is 5.33. The molecule has 4 heteroatoms. The molecule has 0 bridgehead atoms. The number of hydrogen-bond donors (Lipinski definition) is 1. The Balaban J connectivity index is 1.89. The van der Waals surface area contributed by atoms with Crippen LogP contribution >= 0.6 is 0 Å². The first-order chi connectivity index (χ1) is 7.65. The van der Waals surface area contributed by atoms with Crippen LogP contribution in [-0.4, -0.2) is 42.8 Å². The molecule has 2 rings (SSSR count). The zero-order valence-corrected chi connectivity index (χ0v) is 10.3. The molecule has 4 nitrogen and oxygen atoms in total. The molecule has 0 saturated carbocycles. The molecule has 2 aliphatic rings. The Bertz CT molecular complexity index is 264. The van der Waals surface area contributed by atoms with Gasteiger partial charge in [-0.05, 0) is 32.1 Å². The van der Waals surface area contributed by atoms with Crippen LogP contribution in [-0.2, 0) is 9.53 Å². The van der Waals surface area contributed by atoms with Gasteiger partial charge in [-0.3, -0.25) is 10.1 Å². The Morgan fingerprint density at radius 3 is 2.75 bits per heavy atom. The summed E-state index contributed by atoms with van der Waals surface area (Å²) in [6.07, 6.45) is 3.04. The third-order valence-electron chi connectivity index (χ3n) is 3.95. The lowest BCUT2D eigenvalue weighted by Gasteiger charge is -2.27. The molecule has 1 N–H and O–H groups in total. The fourth-order valence-corrected chi connectivity index (χ4v) is 2.43. The van der Waals surface area contributed by atoms with Crippen LogP contribution in [0, 0.1) is 5.92 Å². The van der Waals surface area contributed by atoms with Crippen LogP contribution < -0.4 is 5.32 Å². The highest BCUT2D eigenvalue weighted by Crippen LogP contribution is 2.23. The Hall–Kier alpha value is -0.610. The molecule has 1 unspecified atom stereocenters. The molecule has 2 fully saturated rings. The fraction of sp³-hybridized carbons (Fsp3) is 0.917. The second-order valence-corrected chi connectivity index (χ2v) is 5.10. The number of rotatable bonds is 3. The second-order valence-electron chi connectivity index (χ2n) is 5.10. The Morgan fingerprint density at radius 1 is 1.50 bits per heavy atom. The third kappa shape index (κ3) is 2.23. The molecule has 1 atom stereocenters. The summed E-state index contributed by atoms with van der Waals surface area (Å²) in [6.45, 7) is 7.36. The topological polar surface area (TPSA) is 41.6 Å². The first-order valence-corrected chi connectivity index (χ1v) is 6.28. The van der Waals surface area contributed by atoms with E-state index < -0.39 is 0 Å². The van der Waals surface area contributed by atoms with Crippen molar-refractivity contribution in [1.82, 2.24) is 10.2 Å². The minimum Gasteiger partial charge on any atom is -0.381 e. The van der Waals surface area contributed by atoms with Gasteiger partial charge in [-0.25, -0.2) is 0 Å². The smallest absolute Gasteiger partial charge is 0.243 e. The van der Waals surface area contributed by atoms with Crippen molar-refractivity contribution < 1.29 is 9.53 Å². The molecule has 2 heterocycles. The third-order valence-corrected chi connectivity index (χ3v) is 3.95. The van der Waals surface area contributed by atoms with Gasteiger partial charge in [0.05, 0.1) is 12.2 Å². The van der Waals surface area contributed by atoms with Gasteiger partial charge in [-0.2, -0.15) is 0 Å². The minimum absolute atomic E-state index is 0.265. The molecule has 0 aromatic rings. The van der Waals surface area contributed by atoms with Crippen LogP contribution in [0.3, 0.4) is 0 Å². The Kier molecular flexibility index (Phi) is 3.50. The summed E-state index contributed by atoms with van der Waals surface area (Å²) in [5.41, 5.74) is -0.328. The van der Waals surface area contributed by atoms with Gasteiger partial charge in [-0.1, -0.05) is 6.92 Å². The van der Waals surface area contributed by atoms with Crippen LogP contribution in [0.4, 0.5) is 0 Å². The van der Waals surface area contributed by atoms with E-state index in [1.165, 1.54) is 0 Å². The molecular formula is C12H22N2O2. The first kappa shape index (κ1) is 11.9. The molecule has 1 amide bonds. The molecule has 0 aliphatic carbocycles. The van der Waals surface area contributed by atoms with Gasteiger partial charge >= 0.3 is 0 Å². The predicted molar refractivity (Wildman–Crippen MR) is 62.0 cm³/mol. The molecule has 2 saturated heterocycles. The standard InChI is InChI=1S/C12H22N2O2/c1-3-12(2)11(15)14(9-13-12)8-10-4-6-16-7-5-10/h10,13H,3-9H2,1-2H3. The summed E-state index contributed by atoms with van der Waals surface area (Å²) in [4.78, 5) is 14.1. The van der Waals surface area contributed by atoms with Crippen LogP contribution in [0.2, 0.25) is 0 Å². The van der Waals surface area contributed by atoms with Gasteiger partial charge in [0.1, 0.15) is 0 Å². The van der Waals surface area contributed by atoms with E-state index in [0.29, 0.717) is 12.6 Å². The van der Waals surface area contributed by atoms with Crippen LogP contribution in [0.15, 0.2) is 0 Å². The molecular weight excluding hydrogens is 204 g/mol. The highest BCUT2D eigenvalue weighted by molar-refractivity contribution is 5.87. The number of nitrogens with one attached hydrogen (secondary N) is 1. The molecule has 2 aliphatic heterocycles. The largest absolute Gasteiger partial charge is 0.381 e. The molecule has 0 aromatic heterocycles. The maximum Gasteiger partial charge on any atom is 0.243 e. The first-order valence-electron chi connectivity index (χ1n) is 6.28. The second kappa shape index (κ2) is 4.72. The maximum atomic E-state index is 12.2. The van der Waals surface area contributed by atoms with Gasteiger partial charge in [0.15, 0.2) is 0 Å². The molecule has 92 valence electrons. The number of carbonyl (C=O) groups is 1. The lowest BCUT2D eigenvalue weighted by atomic mass is 9.97. The quantitative estimate of drug-likeness (QED) is 0.779. The van der Waals surface area contributed by atoms with Crippen molar-refractivity contribution in [2.45, 2.75) is 38.6 Å². The van der Waals surface area contributed by atoms with E-state index in [1.54, 1.807) is 0 Å². The van der Waals surface area contributed by atoms with Gasteiger partial charge in [0.25, 0.3) is 0 Å². The van der Waals surface area contributed by atoms with Crippen LogP contribution in [0.5, 0.6) is 0 Å². The summed E-state index contributed by atoms with van der Waals surface area (Å²) in [7, 11) is 0. The molecule has 16 heavy (non-hydrogen) atoms. The summed E-state index contributed by atoms with van der Waals surface area (Å²) in [6, 6.07) is 0. The SMILES string of the molecule is CCC1(C)NCN(CC2CCOCC2)C1=O. The maximum absolute atomic E-state index is 12.2. The van der Waals surface area contributed by atoms with E-state index in [-0.39, 0.29) is 11.4 Å². The zero-order chi connectivity index (χ0) is 11.6. The Labute approximate surface area is 97.3 Å². The predicted octanol–water partition coefficient (Wildman–Crippen LogP) is 0.971. The molecule has 0 aromatic carbocycles. The van der Waals surface area contributed by atoms with Gasteiger partial charge in [0.2, 0.25) is 5.91 Å². The minimum atomic E-state index is -0.328. The lowest BCUT2D eigenvalue weighted by Crippen LogP contribution is -2.43. The number of amides is 1. The lowest BCUT2D eigenvalue weighted by molar-refractivity contribution is -0.132. The van der Waals surface area contributed by atoms with Crippen molar-refractivity contribution in [3.05, 3.63) is 0 Å². The number of ether oxygens (including phenoxy) is 1. The van der Waals surface area contributed by atoms with Crippen molar-refractivity contribution >= 4 is 5.91 Å². The van der Waals surface area contributed by atoms with E-state index >= 15 is 0 Å². The highest BCUT2D eigenvalue weighted by atomic mass is 16.5.